The first-order valence-corrected chi connectivity index (χ1v) is 17.6. The van der Waals surface area contributed by atoms with Gasteiger partial charge in [-0.1, -0.05) is 155 Å². The van der Waals surface area contributed by atoms with Gasteiger partial charge >= 0.3 is 7.82 Å². The Morgan fingerprint density at radius 2 is 0.703 bits per heavy atom. The van der Waals surface area contributed by atoms with Crippen molar-refractivity contribution in [1.29, 1.82) is 0 Å². The number of hydrogen-bond donors (Lipinski definition) is 1. The number of rotatable bonds is 30. The van der Waals surface area contributed by atoms with Crippen molar-refractivity contribution in [2.75, 3.05) is 0 Å². The Morgan fingerprint density at radius 3 is 0.973 bits per heavy atom. The lowest BCUT2D eigenvalue weighted by Gasteiger charge is -2.07. The van der Waals surface area contributed by atoms with E-state index in [4.69, 9.17) is 9.05 Å². The molecule has 220 valence electrons. The molecule has 0 aliphatic carbocycles. The molecule has 0 heterocycles. The maximum absolute atomic E-state index is 11.9. The molecule has 0 saturated heterocycles. The van der Waals surface area contributed by atoms with Crippen LogP contribution >= 0.6 is 7.82 Å². The van der Waals surface area contributed by atoms with Gasteiger partial charge in [0.05, 0.1) is 12.5 Å². The summed E-state index contributed by atoms with van der Waals surface area (Å²) >= 11 is 0. The minimum absolute atomic E-state index is 0.867. The molecule has 0 saturated carbocycles. The van der Waals surface area contributed by atoms with E-state index in [0.717, 1.165) is 25.7 Å². The number of phosphoric ester groups is 1. The van der Waals surface area contributed by atoms with Crippen molar-refractivity contribution in [2.45, 2.75) is 181 Å². The van der Waals surface area contributed by atoms with E-state index in [9.17, 15) is 9.46 Å². The molecule has 0 fully saturated rings. The fourth-order valence-electron chi connectivity index (χ4n) is 4.61. The lowest BCUT2D eigenvalue weighted by Crippen LogP contribution is -1.85. The van der Waals surface area contributed by atoms with E-state index < -0.39 is 7.82 Å². The van der Waals surface area contributed by atoms with Crippen LogP contribution in [0.5, 0.6) is 0 Å². The molecule has 0 aliphatic rings. The molecule has 0 aromatic heterocycles. The van der Waals surface area contributed by atoms with E-state index in [-0.39, 0.29) is 0 Å². The first kappa shape index (κ1) is 36.3. The van der Waals surface area contributed by atoms with Crippen LogP contribution in [0.3, 0.4) is 0 Å². The predicted molar refractivity (Wildman–Crippen MR) is 162 cm³/mol. The summed E-state index contributed by atoms with van der Waals surface area (Å²) in [4.78, 5) is 9.73. The van der Waals surface area contributed by atoms with Crippen LogP contribution in [0.4, 0.5) is 0 Å². The minimum atomic E-state index is -4.04. The number of phosphoric acid groups is 1. The molecule has 0 amide bonds. The molecule has 0 unspecified atom stereocenters. The van der Waals surface area contributed by atoms with Crippen molar-refractivity contribution >= 4 is 7.82 Å². The number of hydrogen-bond acceptors (Lipinski definition) is 3. The summed E-state index contributed by atoms with van der Waals surface area (Å²) in [5.41, 5.74) is 0. The van der Waals surface area contributed by atoms with Gasteiger partial charge in [-0.25, -0.2) is 4.57 Å². The SMILES string of the molecule is CCCCCCCCCCCCCC/C=C/OP(=O)(O)O/C=C/CCCCCCCCCCCCCC. The van der Waals surface area contributed by atoms with Gasteiger partial charge < -0.3 is 9.05 Å². The van der Waals surface area contributed by atoms with Crippen LogP contribution < -0.4 is 0 Å². The number of allylic oxidation sites excluding steroid dienone is 2. The van der Waals surface area contributed by atoms with Gasteiger partial charge in [-0.05, 0) is 37.8 Å². The van der Waals surface area contributed by atoms with Crippen molar-refractivity contribution in [3.05, 3.63) is 24.7 Å². The highest BCUT2D eigenvalue weighted by atomic mass is 31.2. The molecule has 5 heteroatoms. The second kappa shape index (κ2) is 29.8. The van der Waals surface area contributed by atoms with E-state index >= 15 is 0 Å². The molecule has 37 heavy (non-hydrogen) atoms. The van der Waals surface area contributed by atoms with Crippen molar-refractivity contribution in [2.24, 2.45) is 0 Å². The molecule has 0 aromatic rings. The molecular formula is C32H63O4P. The van der Waals surface area contributed by atoms with E-state index in [1.165, 1.54) is 154 Å². The normalized spacial score (nSPS) is 12.2. The molecule has 0 atom stereocenters. The van der Waals surface area contributed by atoms with Gasteiger partial charge in [-0.2, -0.15) is 0 Å². The monoisotopic (exact) mass is 542 g/mol. The maximum atomic E-state index is 11.9. The van der Waals surface area contributed by atoms with Crippen molar-refractivity contribution < 1.29 is 18.5 Å². The summed E-state index contributed by atoms with van der Waals surface area (Å²) < 4.78 is 21.7. The van der Waals surface area contributed by atoms with E-state index in [2.05, 4.69) is 13.8 Å². The fourth-order valence-corrected chi connectivity index (χ4v) is 5.14. The van der Waals surface area contributed by atoms with Crippen LogP contribution in [-0.4, -0.2) is 4.89 Å². The van der Waals surface area contributed by atoms with Crippen LogP contribution in [0, 0.1) is 0 Å². The highest BCUT2D eigenvalue weighted by Gasteiger charge is 2.19. The molecular weight excluding hydrogens is 479 g/mol. The van der Waals surface area contributed by atoms with Gasteiger partial charge in [0.25, 0.3) is 0 Å². The van der Waals surface area contributed by atoms with Crippen LogP contribution in [-0.2, 0) is 13.6 Å². The summed E-state index contributed by atoms with van der Waals surface area (Å²) in [5, 5.41) is 0. The smallest absolute Gasteiger partial charge is 0.404 e. The summed E-state index contributed by atoms with van der Waals surface area (Å²) in [6, 6.07) is 0. The number of unbranched alkanes of at least 4 members (excludes halogenated alkanes) is 24. The molecule has 0 rings (SSSR count). The Balaban J connectivity index is 3.43. The minimum Gasteiger partial charge on any atom is -0.404 e. The van der Waals surface area contributed by atoms with Gasteiger partial charge in [0, 0.05) is 0 Å². The average Bonchev–Trinajstić information content (AvgIpc) is 2.88. The van der Waals surface area contributed by atoms with Crippen LogP contribution in [0.15, 0.2) is 24.7 Å². The average molecular weight is 543 g/mol. The summed E-state index contributed by atoms with van der Waals surface area (Å²) in [7, 11) is -4.04. The van der Waals surface area contributed by atoms with Gasteiger partial charge in [0.2, 0.25) is 0 Å². The molecule has 0 spiro atoms. The van der Waals surface area contributed by atoms with Crippen LogP contribution in [0.1, 0.15) is 181 Å². The standard InChI is InChI=1S/C32H63O4P/c1-3-5-7-9-11-13-15-17-19-21-23-25-27-29-31-35-37(33,34)36-32-30-28-26-24-22-20-18-16-14-12-10-8-6-4-2/h29-32H,3-28H2,1-2H3,(H,33,34)/b31-29+,32-30+. The van der Waals surface area contributed by atoms with Crippen LogP contribution in [0.2, 0.25) is 0 Å². The second-order valence-electron chi connectivity index (χ2n) is 10.8. The quantitative estimate of drug-likeness (QED) is 0.0557. The zero-order valence-corrected chi connectivity index (χ0v) is 25.7. The first-order chi connectivity index (χ1) is 18.1. The third-order valence-corrected chi connectivity index (χ3v) is 7.81. The lowest BCUT2D eigenvalue weighted by molar-refractivity contribution is 0.243. The first-order valence-electron chi connectivity index (χ1n) is 16.1. The summed E-state index contributed by atoms with van der Waals surface area (Å²) in [5.74, 6) is 0. The molecule has 0 bridgehead atoms. The highest BCUT2D eigenvalue weighted by Crippen LogP contribution is 2.43. The Kier molecular flexibility index (Phi) is 29.2. The van der Waals surface area contributed by atoms with Crippen molar-refractivity contribution in [3.8, 4) is 0 Å². The summed E-state index contributed by atoms with van der Waals surface area (Å²) in [6.07, 6.45) is 39.9. The Hall–Kier alpha value is -0.730. The zero-order chi connectivity index (χ0) is 27.1. The van der Waals surface area contributed by atoms with E-state index in [1.807, 2.05) is 12.2 Å². The van der Waals surface area contributed by atoms with Gasteiger partial charge in [0.1, 0.15) is 0 Å². The van der Waals surface area contributed by atoms with Crippen molar-refractivity contribution in [1.82, 2.24) is 0 Å². The topological polar surface area (TPSA) is 55.8 Å². The second-order valence-corrected chi connectivity index (χ2v) is 12.1. The third-order valence-electron chi connectivity index (χ3n) is 7.03. The molecule has 4 nitrogen and oxygen atoms in total. The largest absolute Gasteiger partial charge is 0.583 e. The predicted octanol–water partition coefficient (Wildman–Crippen LogP) is 12.3. The Morgan fingerprint density at radius 1 is 0.459 bits per heavy atom. The zero-order valence-electron chi connectivity index (χ0n) is 24.8. The Labute approximate surface area is 231 Å². The third kappa shape index (κ3) is 31.4. The molecule has 1 N–H and O–H groups in total. The van der Waals surface area contributed by atoms with E-state index in [1.54, 1.807) is 0 Å². The van der Waals surface area contributed by atoms with Gasteiger partial charge in [-0.15, -0.1) is 0 Å². The molecule has 0 radical (unpaired) electrons. The van der Waals surface area contributed by atoms with E-state index in [0.29, 0.717) is 0 Å². The Bertz CT molecular complexity index is 503. The van der Waals surface area contributed by atoms with Crippen LogP contribution in [0.25, 0.3) is 0 Å². The lowest BCUT2D eigenvalue weighted by atomic mass is 10.0. The van der Waals surface area contributed by atoms with Gasteiger partial charge in [-0.3, -0.25) is 4.89 Å². The molecule has 0 aromatic carbocycles. The highest BCUT2D eigenvalue weighted by molar-refractivity contribution is 7.47. The fraction of sp³-hybridized carbons (Fsp3) is 0.875. The van der Waals surface area contributed by atoms with Gasteiger partial charge in [0.15, 0.2) is 0 Å². The maximum Gasteiger partial charge on any atom is 0.583 e. The molecule has 0 aliphatic heterocycles. The van der Waals surface area contributed by atoms with Crippen molar-refractivity contribution in [3.63, 3.8) is 0 Å². The summed E-state index contributed by atoms with van der Waals surface area (Å²) in [6.45, 7) is 4.53.